The lowest BCUT2D eigenvalue weighted by Gasteiger charge is -2.14. The minimum absolute atomic E-state index is 0.00896. The van der Waals surface area contributed by atoms with E-state index >= 15 is 0 Å². The SMILES string of the molecule is CNC(=O)CSCC(CC(=O)OC)C(=O)c1cccnc1. The molecular weight excluding hydrogens is 292 g/mol. The highest BCUT2D eigenvalue weighted by Gasteiger charge is 2.24. The number of aromatic nitrogens is 1. The normalized spacial score (nSPS) is 11.5. The van der Waals surface area contributed by atoms with E-state index in [0.717, 1.165) is 0 Å². The average Bonchev–Trinajstić information content (AvgIpc) is 2.53. The molecule has 1 unspecified atom stereocenters. The Hall–Kier alpha value is -1.89. The fourth-order valence-corrected chi connectivity index (χ4v) is 2.62. The fourth-order valence-electron chi connectivity index (χ4n) is 1.62. The first-order valence-electron chi connectivity index (χ1n) is 6.37. The molecule has 0 radical (unpaired) electrons. The molecule has 21 heavy (non-hydrogen) atoms. The third kappa shape index (κ3) is 5.95. The van der Waals surface area contributed by atoms with Crippen molar-refractivity contribution >= 4 is 29.4 Å². The zero-order valence-electron chi connectivity index (χ0n) is 12.0. The number of esters is 1. The second-order valence-corrected chi connectivity index (χ2v) is 5.30. The first-order chi connectivity index (χ1) is 10.1. The summed E-state index contributed by atoms with van der Waals surface area (Å²) in [4.78, 5) is 38.9. The second kappa shape index (κ2) is 9.12. The molecule has 1 heterocycles. The van der Waals surface area contributed by atoms with Crippen LogP contribution in [0.5, 0.6) is 0 Å². The molecule has 0 aliphatic heterocycles. The molecule has 7 heteroatoms. The molecule has 0 aliphatic carbocycles. The maximum Gasteiger partial charge on any atom is 0.306 e. The molecule has 1 rings (SSSR count). The van der Waals surface area contributed by atoms with E-state index in [1.807, 2.05) is 0 Å². The van der Waals surface area contributed by atoms with Crippen molar-refractivity contribution in [3.05, 3.63) is 30.1 Å². The van der Waals surface area contributed by atoms with Gasteiger partial charge in [0.15, 0.2) is 5.78 Å². The lowest BCUT2D eigenvalue weighted by Crippen LogP contribution is -2.24. The van der Waals surface area contributed by atoms with E-state index in [0.29, 0.717) is 11.3 Å². The molecule has 0 spiro atoms. The Bertz CT molecular complexity index is 493. The summed E-state index contributed by atoms with van der Waals surface area (Å²) in [5.41, 5.74) is 0.451. The van der Waals surface area contributed by atoms with Gasteiger partial charge in [-0.2, -0.15) is 11.8 Å². The van der Waals surface area contributed by atoms with E-state index in [1.165, 1.54) is 25.1 Å². The lowest BCUT2D eigenvalue weighted by atomic mass is 9.97. The largest absolute Gasteiger partial charge is 0.469 e. The van der Waals surface area contributed by atoms with Crippen LogP contribution in [0.25, 0.3) is 0 Å². The van der Waals surface area contributed by atoms with Crippen LogP contribution in [0.2, 0.25) is 0 Å². The van der Waals surface area contributed by atoms with Gasteiger partial charge in [-0.15, -0.1) is 0 Å². The molecule has 114 valence electrons. The minimum atomic E-state index is -0.531. The molecule has 0 saturated carbocycles. The number of ketones is 1. The summed E-state index contributed by atoms with van der Waals surface area (Å²) in [5, 5.41) is 2.51. The Morgan fingerprint density at radius 3 is 2.76 bits per heavy atom. The monoisotopic (exact) mass is 310 g/mol. The van der Waals surface area contributed by atoms with Gasteiger partial charge >= 0.3 is 5.97 Å². The van der Waals surface area contributed by atoms with Crippen LogP contribution in [-0.4, -0.2) is 48.3 Å². The van der Waals surface area contributed by atoms with Crippen LogP contribution in [0.15, 0.2) is 24.5 Å². The number of rotatable bonds is 8. The van der Waals surface area contributed by atoms with Crippen LogP contribution >= 0.6 is 11.8 Å². The van der Waals surface area contributed by atoms with Crippen LogP contribution in [0, 0.1) is 5.92 Å². The number of thioether (sulfide) groups is 1. The Kier molecular flexibility index (Phi) is 7.45. The first kappa shape index (κ1) is 17.2. The smallest absolute Gasteiger partial charge is 0.306 e. The van der Waals surface area contributed by atoms with Gasteiger partial charge in [-0.1, -0.05) is 0 Å². The van der Waals surface area contributed by atoms with Gasteiger partial charge in [0.25, 0.3) is 0 Å². The van der Waals surface area contributed by atoms with Crippen LogP contribution in [0.1, 0.15) is 16.8 Å². The first-order valence-corrected chi connectivity index (χ1v) is 7.53. The van der Waals surface area contributed by atoms with Crippen molar-refractivity contribution < 1.29 is 19.1 Å². The highest BCUT2D eigenvalue weighted by molar-refractivity contribution is 7.99. The molecule has 1 aromatic heterocycles. The Balaban J connectivity index is 2.70. The molecule has 0 aromatic carbocycles. The third-order valence-electron chi connectivity index (χ3n) is 2.79. The van der Waals surface area contributed by atoms with E-state index in [9.17, 15) is 14.4 Å². The van der Waals surface area contributed by atoms with Crippen molar-refractivity contribution in [3.63, 3.8) is 0 Å². The molecule has 1 N–H and O–H groups in total. The van der Waals surface area contributed by atoms with Crippen molar-refractivity contribution in [1.82, 2.24) is 10.3 Å². The van der Waals surface area contributed by atoms with Gasteiger partial charge in [-0.3, -0.25) is 19.4 Å². The van der Waals surface area contributed by atoms with Crippen LogP contribution in [0.3, 0.4) is 0 Å². The topological polar surface area (TPSA) is 85.4 Å². The van der Waals surface area contributed by atoms with Crippen molar-refractivity contribution in [2.45, 2.75) is 6.42 Å². The van der Waals surface area contributed by atoms with Crippen LogP contribution in [-0.2, 0) is 14.3 Å². The highest BCUT2D eigenvalue weighted by Crippen LogP contribution is 2.18. The molecule has 1 aromatic rings. The number of methoxy groups -OCH3 is 1. The summed E-state index contributed by atoms with van der Waals surface area (Å²) < 4.78 is 4.62. The van der Waals surface area contributed by atoms with E-state index in [2.05, 4.69) is 15.0 Å². The average molecular weight is 310 g/mol. The third-order valence-corrected chi connectivity index (χ3v) is 3.89. The Morgan fingerprint density at radius 1 is 1.43 bits per heavy atom. The summed E-state index contributed by atoms with van der Waals surface area (Å²) in [6, 6.07) is 3.32. The number of nitrogens with zero attached hydrogens (tertiary/aromatic N) is 1. The number of pyridine rings is 1. The highest BCUT2D eigenvalue weighted by atomic mass is 32.2. The molecule has 1 atom stereocenters. The van der Waals surface area contributed by atoms with Gasteiger partial charge in [0.2, 0.25) is 5.91 Å². The number of hydrogen-bond donors (Lipinski definition) is 1. The summed E-state index contributed by atoms with van der Waals surface area (Å²) in [7, 11) is 2.83. The summed E-state index contributed by atoms with van der Waals surface area (Å²) >= 11 is 1.31. The molecule has 0 fully saturated rings. The molecule has 0 bridgehead atoms. The van der Waals surface area contributed by atoms with Crippen molar-refractivity contribution in [3.8, 4) is 0 Å². The second-order valence-electron chi connectivity index (χ2n) is 4.27. The van der Waals surface area contributed by atoms with Gasteiger partial charge in [-0.25, -0.2) is 0 Å². The predicted octanol–water partition coefficient (Wildman–Crippen LogP) is 0.923. The Morgan fingerprint density at radius 2 is 2.19 bits per heavy atom. The maximum atomic E-state index is 12.4. The van der Waals surface area contributed by atoms with E-state index in [-0.39, 0.29) is 23.9 Å². The fraction of sp³-hybridized carbons (Fsp3) is 0.429. The standard InChI is InChI=1S/C14H18N2O4S/c1-15-12(17)9-21-8-11(6-13(18)20-2)14(19)10-4-3-5-16-7-10/h3-5,7,11H,6,8-9H2,1-2H3,(H,15,17). The number of Topliss-reactive ketones (excluding diaryl/α,β-unsaturated/α-hetero) is 1. The van der Waals surface area contributed by atoms with Gasteiger partial charge in [-0.05, 0) is 12.1 Å². The molecule has 6 nitrogen and oxygen atoms in total. The van der Waals surface area contributed by atoms with Crippen LogP contribution in [0.4, 0.5) is 0 Å². The summed E-state index contributed by atoms with van der Waals surface area (Å²) in [6.45, 7) is 0. The zero-order valence-corrected chi connectivity index (χ0v) is 12.8. The number of hydrogen-bond acceptors (Lipinski definition) is 6. The number of ether oxygens (including phenoxy) is 1. The lowest BCUT2D eigenvalue weighted by molar-refractivity contribution is -0.141. The number of carbonyl (C=O) groups is 3. The molecule has 0 aliphatic rings. The minimum Gasteiger partial charge on any atom is -0.469 e. The summed E-state index contributed by atoms with van der Waals surface area (Å²) in [6.07, 6.45) is 3.04. The van der Waals surface area contributed by atoms with E-state index in [4.69, 9.17) is 0 Å². The van der Waals surface area contributed by atoms with Crippen molar-refractivity contribution in [2.24, 2.45) is 5.92 Å². The van der Waals surface area contributed by atoms with Crippen LogP contribution < -0.4 is 5.32 Å². The number of nitrogens with one attached hydrogen (secondary N) is 1. The van der Waals surface area contributed by atoms with Crippen molar-refractivity contribution in [2.75, 3.05) is 25.7 Å². The van der Waals surface area contributed by atoms with Gasteiger partial charge in [0, 0.05) is 36.7 Å². The molecule has 1 amide bonds. The van der Waals surface area contributed by atoms with E-state index < -0.39 is 11.9 Å². The zero-order chi connectivity index (χ0) is 15.7. The Labute approximate surface area is 127 Å². The van der Waals surface area contributed by atoms with Gasteiger partial charge in [0.1, 0.15) is 0 Å². The molecular formula is C14H18N2O4S. The predicted molar refractivity (Wildman–Crippen MR) is 80.1 cm³/mol. The van der Waals surface area contributed by atoms with Gasteiger partial charge < -0.3 is 10.1 Å². The quantitative estimate of drug-likeness (QED) is 0.568. The maximum absolute atomic E-state index is 12.4. The van der Waals surface area contributed by atoms with Gasteiger partial charge in [0.05, 0.1) is 19.3 Å². The number of amides is 1. The van der Waals surface area contributed by atoms with E-state index in [1.54, 1.807) is 25.4 Å². The summed E-state index contributed by atoms with van der Waals surface area (Å²) in [5.74, 6) is -0.650. The molecule has 0 saturated heterocycles. The van der Waals surface area contributed by atoms with Crippen molar-refractivity contribution in [1.29, 1.82) is 0 Å². The number of carbonyl (C=O) groups excluding carboxylic acids is 3.